The third-order valence-corrected chi connectivity index (χ3v) is 9.27. The summed E-state index contributed by atoms with van der Waals surface area (Å²) in [4.78, 5) is 0. The summed E-state index contributed by atoms with van der Waals surface area (Å²) < 4.78 is 0. The maximum absolute atomic E-state index is 2.32. The van der Waals surface area contributed by atoms with Gasteiger partial charge in [-0.2, -0.15) is 6.07 Å². The van der Waals surface area contributed by atoms with Gasteiger partial charge in [-0.15, -0.1) is 68.6 Å². The molecule has 0 saturated carbocycles. The van der Waals surface area contributed by atoms with Gasteiger partial charge in [0.15, 0.2) is 0 Å². The maximum atomic E-state index is 2.32. The molecule has 0 aliphatic rings. The van der Waals surface area contributed by atoms with Crippen molar-refractivity contribution in [3.8, 4) is 33.4 Å². The van der Waals surface area contributed by atoms with Crippen molar-refractivity contribution in [2.24, 2.45) is 0 Å². The molecule has 0 unspecified atom stereocenters. The van der Waals surface area contributed by atoms with Crippen LogP contribution in [0.1, 0.15) is 11.1 Å². The Balaban J connectivity index is 0.000000178. The van der Waals surface area contributed by atoms with Crippen molar-refractivity contribution in [2.45, 2.75) is 26.9 Å². The van der Waals surface area contributed by atoms with E-state index in [1.807, 2.05) is 0 Å². The average molecular weight is 807 g/mol. The van der Waals surface area contributed by atoms with E-state index >= 15 is 0 Å². The number of hydrogen-bond donors (Lipinski definition) is 0. The molecule has 0 heterocycles. The van der Waals surface area contributed by atoms with E-state index in [2.05, 4.69) is 197 Å². The smallest absolute Gasteiger partial charge is 0.0112 e. The maximum Gasteiger partial charge on any atom is -0.0112 e. The van der Waals surface area contributed by atoms with Crippen LogP contribution < -0.4 is 24.8 Å². The van der Waals surface area contributed by atoms with Crippen LogP contribution >= 0.6 is 0 Å². The Kier molecular flexibility index (Phi) is 13.3. The molecule has 4 heteroatoms. The summed E-state index contributed by atoms with van der Waals surface area (Å²) in [6, 6.07) is 61.3. The number of fused-ring (bicyclic) bond motifs is 4. The minimum atomic E-state index is 0. The Morgan fingerprint density at radius 3 is 1.54 bits per heavy atom. The molecule has 9 aromatic rings. The van der Waals surface area contributed by atoms with Crippen molar-refractivity contribution in [1.82, 2.24) is 0 Å². The fourth-order valence-electron chi connectivity index (χ4n) is 7.01. The largest absolute Gasteiger partial charge is 1.00 e. The van der Waals surface area contributed by atoms with E-state index in [9.17, 15) is 0 Å². The molecule has 52 heavy (non-hydrogen) atoms. The van der Waals surface area contributed by atoms with Gasteiger partial charge in [0.2, 0.25) is 0 Å². The zero-order valence-electron chi connectivity index (χ0n) is 29.9. The van der Waals surface area contributed by atoms with Crippen molar-refractivity contribution < 1.29 is 48.1 Å². The molecule has 0 N–H and O–H groups in total. The summed E-state index contributed by atoms with van der Waals surface area (Å²) in [7, 11) is 0. The Morgan fingerprint density at radius 1 is 0.462 bits per heavy atom. The van der Waals surface area contributed by atoms with E-state index in [1.165, 1.54) is 87.6 Å². The fourth-order valence-corrected chi connectivity index (χ4v) is 7.01. The fraction of sp³-hybridized carbons (Fsp3) is 0.0833. The molecule has 9 aromatic carbocycles. The molecular formula is C48H40Cl2SiZr-2. The predicted molar refractivity (Wildman–Crippen MR) is 217 cm³/mol. The molecule has 0 nitrogen and oxygen atoms in total. The van der Waals surface area contributed by atoms with Gasteiger partial charge in [-0.25, -0.2) is 0 Å². The van der Waals surface area contributed by atoms with E-state index in [0.717, 1.165) is 0 Å². The Bertz CT molecular complexity index is 2600. The molecule has 0 spiro atoms. The molecule has 0 bridgehead atoms. The summed E-state index contributed by atoms with van der Waals surface area (Å²) in [6.45, 7) is 8.98. The molecule has 0 amide bonds. The molecule has 0 aromatic heterocycles. The Hall–Kier alpha value is -4.04. The van der Waals surface area contributed by atoms with Crippen LogP contribution in [0.25, 0.3) is 76.5 Å². The molecule has 9 rings (SSSR count). The standard InChI is InChI=1S/C25H17.C21H17.C2H6Si.2ClH.Zr/c1-2-8-18(9-3-1)21-16-20-12-7-15-24(25(20)17-21)23-14-6-11-19-10-4-5-13-22(19)23;1-14-12-20-15(2)10-11-19(21(20)13-14)18-9-5-7-16-6-3-4-8-17(16)18;1-3-2;;;/h1-17H;3-13H,1-2H3;1-2H3;2*1H;/q2*-1;;;;+2/p-2. The van der Waals surface area contributed by atoms with Crippen molar-refractivity contribution in [2.75, 3.05) is 0 Å². The topological polar surface area (TPSA) is 0 Å². The number of aryl methyl sites for hydroxylation is 2. The summed E-state index contributed by atoms with van der Waals surface area (Å²) >= 11 is 1.74. The predicted octanol–water partition coefficient (Wildman–Crippen LogP) is 7.83. The van der Waals surface area contributed by atoms with E-state index < -0.39 is 0 Å². The van der Waals surface area contributed by atoms with Crippen molar-refractivity contribution in [3.05, 3.63) is 181 Å². The van der Waals surface area contributed by atoms with Crippen molar-refractivity contribution in [3.63, 3.8) is 0 Å². The second kappa shape index (κ2) is 17.7. The summed E-state index contributed by atoms with van der Waals surface area (Å²) in [5, 5.41) is 10.6. The van der Waals surface area contributed by atoms with Gasteiger partial charge >= 0.3 is 41.9 Å². The normalized spacial score (nSPS) is 10.5. The summed E-state index contributed by atoms with van der Waals surface area (Å²) in [5.74, 6) is 0. The van der Waals surface area contributed by atoms with Crippen LogP contribution in [0.15, 0.2) is 170 Å². The first-order valence-electron chi connectivity index (χ1n) is 17.3. The summed E-state index contributed by atoms with van der Waals surface area (Å²) in [6.07, 6.45) is 0. The van der Waals surface area contributed by atoms with Crippen LogP contribution in [0.5, 0.6) is 0 Å². The van der Waals surface area contributed by atoms with Crippen molar-refractivity contribution >= 4 is 48.5 Å². The Labute approximate surface area is 335 Å². The summed E-state index contributed by atoms with van der Waals surface area (Å²) in [5.41, 5.74) is 10.7. The molecule has 0 radical (unpaired) electrons. The van der Waals surface area contributed by atoms with Gasteiger partial charge in [-0.1, -0.05) is 164 Å². The van der Waals surface area contributed by atoms with E-state index in [0.29, 0.717) is 0 Å². The van der Waals surface area contributed by atoms with Gasteiger partial charge in [-0.3, -0.25) is 0 Å². The first-order valence-corrected chi connectivity index (χ1v) is 23.5. The number of rotatable bonds is 3. The van der Waals surface area contributed by atoms with Crippen LogP contribution in [0, 0.1) is 13.8 Å². The Morgan fingerprint density at radius 2 is 0.942 bits per heavy atom. The molecule has 0 aliphatic carbocycles. The number of benzene rings is 7. The zero-order chi connectivity index (χ0) is 34.6. The van der Waals surface area contributed by atoms with Gasteiger partial charge in [0.1, 0.15) is 0 Å². The molecule has 0 saturated heterocycles. The van der Waals surface area contributed by atoms with E-state index in [-0.39, 0.29) is 30.2 Å². The minimum absolute atomic E-state index is 0. The quantitative estimate of drug-likeness (QED) is 0.126. The van der Waals surface area contributed by atoms with Gasteiger partial charge in [-0.05, 0) is 32.7 Å². The number of hydrogen-bond acceptors (Lipinski definition) is 0. The SMILES string of the molecule is C[Si](C)=[Zr+2].Cc1cc2c(-c3cccc4ccccc34)ccc(C)c2[cH-]1.[Cl-].[Cl-].c1ccc(-c2cc3c(-c4cccc5ccccc45)cccc3[cH-]2)cc1. The van der Waals surface area contributed by atoms with Gasteiger partial charge in [0.05, 0.1) is 0 Å². The second-order valence-electron chi connectivity index (χ2n) is 13.3. The average Bonchev–Trinajstić information content (AvgIpc) is 3.76. The molecule has 0 atom stereocenters. The van der Waals surface area contributed by atoms with E-state index in [1.54, 1.807) is 23.3 Å². The monoisotopic (exact) mass is 804 g/mol. The van der Waals surface area contributed by atoms with E-state index in [4.69, 9.17) is 0 Å². The first kappa shape index (κ1) is 39.2. The first-order chi connectivity index (χ1) is 24.4. The number of halogens is 2. The van der Waals surface area contributed by atoms with Gasteiger partial charge < -0.3 is 24.8 Å². The third-order valence-electron chi connectivity index (χ3n) is 9.27. The molecule has 0 fully saturated rings. The molecular weight excluding hydrogens is 767 g/mol. The van der Waals surface area contributed by atoms with Crippen LogP contribution in [0.2, 0.25) is 13.1 Å². The second-order valence-corrected chi connectivity index (χ2v) is 22.6. The van der Waals surface area contributed by atoms with Crippen molar-refractivity contribution in [1.29, 1.82) is 0 Å². The van der Waals surface area contributed by atoms with Crippen LogP contribution in [0.4, 0.5) is 0 Å². The van der Waals surface area contributed by atoms with Gasteiger partial charge in [0.25, 0.3) is 0 Å². The minimum Gasteiger partial charge on any atom is -1.00 e. The van der Waals surface area contributed by atoms with Crippen LogP contribution in [-0.4, -0.2) is 5.43 Å². The van der Waals surface area contributed by atoms with Gasteiger partial charge in [0, 0.05) is 0 Å². The molecule has 256 valence electrons. The third kappa shape index (κ3) is 8.43. The van der Waals surface area contributed by atoms with Crippen LogP contribution in [0.3, 0.4) is 0 Å². The zero-order valence-corrected chi connectivity index (χ0v) is 34.9. The van der Waals surface area contributed by atoms with Crippen LogP contribution in [-0.2, 0) is 23.3 Å². The molecule has 0 aliphatic heterocycles.